The molecule has 0 aliphatic heterocycles. The van der Waals surface area contributed by atoms with Crippen LogP contribution in [0.1, 0.15) is 11.3 Å². The van der Waals surface area contributed by atoms with Crippen LogP contribution in [0.25, 0.3) is 6.08 Å². The van der Waals surface area contributed by atoms with E-state index in [9.17, 15) is 4.79 Å². The number of carbonyl (C=O) groups excluding carboxylic acids is 1. The lowest BCUT2D eigenvalue weighted by molar-refractivity contribution is -0.117. The molecule has 0 saturated carbocycles. The van der Waals surface area contributed by atoms with Gasteiger partial charge in [0.1, 0.15) is 0 Å². The van der Waals surface area contributed by atoms with Crippen molar-refractivity contribution in [2.24, 2.45) is 5.73 Å². The summed E-state index contributed by atoms with van der Waals surface area (Å²) in [6.07, 6.45) is 3.55. The van der Waals surface area contributed by atoms with E-state index < -0.39 is 0 Å². The third kappa shape index (κ3) is 2.20. The van der Waals surface area contributed by atoms with Gasteiger partial charge >= 0.3 is 0 Å². The number of rotatable bonds is 3. The van der Waals surface area contributed by atoms with Gasteiger partial charge in [-0.1, -0.05) is 18.7 Å². The van der Waals surface area contributed by atoms with E-state index in [2.05, 4.69) is 11.6 Å². The number of hydrogen-bond acceptors (Lipinski definition) is 2. The van der Waals surface area contributed by atoms with Gasteiger partial charge in [0.05, 0.1) is 6.42 Å². The first kappa shape index (κ1) is 8.46. The Morgan fingerprint density at radius 1 is 1.67 bits per heavy atom. The summed E-state index contributed by atoms with van der Waals surface area (Å²) in [5, 5.41) is 0. The molecule has 1 aromatic heterocycles. The standard InChI is InChI=1S/C9H10N2O/c1-2-7-3-4-8(11-6-7)5-9(10)12/h2-4,6H,1,5H2,(H2,10,12). The first-order valence-electron chi connectivity index (χ1n) is 3.58. The van der Waals surface area contributed by atoms with Crippen LogP contribution in [0.2, 0.25) is 0 Å². The highest BCUT2D eigenvalue weighted by molar-refractivity contribution is 5.76. The van der Waals surface area contributed by atoms with Crippen LogP contribution in [0.5, 0.6) is 0 Å². The molecule has 1 amide bonds. The van der Waals surface area contributed by atoms with Crippen LogP contribution in [0.15, 0.2) is 24.9 Å². The van der Waals surface area contributed by atoms with E-state index in [0.717, 1.165) is 5.56 Å². The molecule has 0 saturated heterocycles. The fourth-order valence-corrected chi connectivity index (χ4v) is 0.840. The highest BCUT2D eigenvalue weighted by Gasteiger charge is 1.98. The molecule has 0 bridgehead atoms. The van der Waals surface area contributed by atoms with E-state index in [1.807, 2.05) is 6.07 Å². The summed E-state index contributed by atoms with van der Waals surface area (Å²) in [5.74, 6) is -0.367. The van der Waals surface area contributed by atoms with Crippen LogP contribution >= 0.6 is 0 Å². The van der Waals surface area contributed by atoms with Crippen LogP contribution in [0, 0.1) is 0 Å². The zero-order valence-electron chi connectivity index (χ0n) is 6.66. The van der Waals surface area contributed by atoms with Crippen molar-refractivity contribution in [1.29, 1.82) is 0 Å². The van der Waals surface area contributed by atoms with Gasteiger partial charge in [0.2, 0.25) is 5.91 Å². The summed E-state index contributed by atoms with van der Waals surface area (Å²) in [6, 6.07) is 3.61. The average Bonchev–Trinajstić information content (AvgIpc) is 2.05. The van der Waals surface area contributed by atoms with Crippen molar-refractivity contribution in [2.75, 3.05) is 0 Å². The molecule has 1 aromatic rings. The van der Waals surface area contributed by atoms with Gasteiger partial charge in [0, 0.05) is 11.9 Å². The Bertz CT molecular complexity index is 290. The summed E-state index contributed by atoms with van der Waals surface area (Å²) >= 11 is 0. The SMILES string of the molecule is C=Cc1ccc(CC(N)=O)nc1. The first-order valence-corrected chi connectivity index (χ1v) is 3.58. The minimum Gasteiger partial charge on any atom is -0.369 e. The Morgan fingerprint density at radius 2 is 2.42 bits per heavy atom. The van der Waals surface area contributed by atoms with Gasteiger partial charge < -0.3 is 5.73 Å². The summed E-state index contributed by atoms with van der Waals surface area (Å²) < 4.78 is 0. The lowest BCUT2D eigenvalue weighted by Crippen LogP contribution is -2.14. The predicted octanol–water partition coefficient (Wildman–Crippen LogP) is 0.752. The van der Waals surface area contributed by atoms with Crippen molar-refractivity contribution >= 4 is 12.0 Å². The highest BCUT2D eigenvalue weighted by Crippen LogP contribution is 2.01. The maximum absolute atomic E-state index is 10.5. The first-order chi connectivity index (χ1) is 5.72. The molecule has 0 aromatic carbocycles. The Balaban J connectivity index is 2.77. The van der Waals surface area contributed by atoms with Crippen molar-refractivity contribution in [3.8, 4) is 0 Å². The van der Waals surface area contributed by atoms with Crippen molar-refractivity contribution in [1.82, 2.24) is 4.98 Å². The largest absolute Gasteiger partial charge is 0.369 e. The molecule has 3 heteroatoms. The molecule has 0 fully saturated rings. The predicted molar refractivity (Wildman–Crippen MR) is 47.2 cm³/mol. The minimum atomic E-state index is -0.367. The normalized spacial score (nSPS) is 9.33. The maximum Gasteiger partial charge on any atom is 0.223 e. The summed E-state index contributed by atoms with van der Waals surface area (Å²) in [4.78, 5) is 14.5. The number of aromatic nitrogens is 1. The zero-order valence-corrected chi connectivity index (χ0v) is 6.66. The zero-order chi connectivity index (χ0) is 8.97. The molecule has 1 rings (SSSR count). The van der Waals surface area contributed by atoms with E-state index in [0.29, 0.717) is 5.69 Å². The fourth-order valence-electron chi connectivity index (χ4n) is 0.840. The topological polar surface area (TPSA) is 56.0 Å². The molecule has 0 unspecified atom stereocenters. The number of nitrogens with zero attached hydrogens (tertiary/aromatic N) is 1. The molecular weight excluding hydrogens is 152 g/mol. The van der Waals surface area contributed by atoms with Crippen molar-refractivity contribution in [3.05, 3.63) is 36.2 Å². The Morgan fingerprint density at radius 3 is 2.83 bits per heavy atom. The molecule has 3 nitrogen and oxygen atoms in total. The van der Waals surface area contributed by atoms with Crippen molar-refractivity contribution in [3.63, 3.8) is 0 Å². The van der Waals surface area contributed by atoms with Crippen LogP contribution in [0.3, 0.4) is 0 Å². The molecule has 0 aliphatic rings. The van der Waals surface area contributed by atoms with Gasteiger partial charge in [0.15, 0.2) is 0 Å². The van der Waals surface area contributed by atoms with Gasteiger partial charge in [0.25, 0.3) is 0 Å². The summed E-state index contributed by atoms with van der Waals surface area (Å²) in [5.41, 5.74) is 6.62. The van der Waals surface area contributed by atoms with Gasteiger partial charge in [-0.3, -0.25) is 9.78 Å². The molecule has 0 atom stereocenters. The van der Waals surface area contributed by atoms with Crippen molar-refractivity contribution in [2.45, 2.75) is 6.42 Å². The van der Waals surface area contributed by atoms with Gasteiger partial charge in [-0.25, -0.2) is 0 Å². The maximum atomic E-state index is 10.5. The molecule has 62 valence electrons. The van der Waals surface area contributed by atoms with Gasteiger partial charge in [-0.15, -0.1) is 0 Å². The summed E-state index contributed by atoms with van der Waals surface area (Å²) in [6.45, 7) is 3.59. The van der Waals surface area contributed by atoms with Gasteiger partial charge in [-0.2, -0.15) is 0 Å². The van der Waals surface area contributed by atoms with E-state index >= 15 is 0 Å². The quantitative estimate of drug-likeness (QED) is 0.713. The Hall–Kier alpha value is -1.64. The Kier molecular flexibility index (Phi) is 2.58. The molecule has 2 N–H and O–H groups in total. The molecule has 0 spiro atoms. The second kappa shape index (κ2) is 3.67. The fraction of sp³-hybridized carbons (Fsp3) is 0.111. The number of amides is 1. The molecule has 0 aliphatic carbocycles. The minimum absolute atomic E-state index is 0.192. The van der Waals surface area contributed by atoms with E-state index in [1.165, 1.54) is 0 Å². The second-order valence-corrected chi connectivity index (χ2v) is 2.43. The average molecular weight is 162 g/mol. The van der Waals surface area contributed by atoms with E-state index in [-0.39, 0.29) is 12.3 Å². The number of primary amides is 1. The van der Waals surface area contributed by atoms with Crippen LogP contribution in [-0.4, -0.2) is 10.9 Å². The lowest BCUT2D eigenvalue weighted by Gasteiger charge is -1.96. The highest BCUT2D eigenvalue weighted by atomic mass is 16.1. The number of carbonyl (C=O) groups is 1. The molecule has 12 heavy (non-hydrogen) atoms. The summed E-state index contributed by atoms with van der Waals surface area (Å²) in [7, 11) is 0. The van der Waals surface area contributed by atoms with Crippen LogP contribution in [-0.2, 0) is 11.2 Å². The van der Waals surface area contributed by atoms with E-state index in [4.69, 9.17) is 5.73 Å². The monoisotopic (exact) mass is 162 g/mol. The smallest absolute Gasteiger partial charge is 0.223 e. The molecule has 0 radical (unpaired) electrons. The van der Waals surface area contributed by atoms with Gasteiger partial charge in [-0.05, 0) is 11.6 Å². The Labute approximate surface area is 70.9 Å². The number of pyridine rings is 1. The van der Waals surface area contributed by atoms with Crippen molar-refractivity contribution < 1.29 is 4.79 Å². The van der Waals surface area contributed by atoms with Crippen LogP contribution < -0.4 is 5.73 Å². The van der Waals surface area contributed by atoms with Crippen LogP contribution in [0.4, 0.5) is 0 Å². The van der Waals surface area contributed by atoms with E-state index in [1.54, 1.807) is 18.3 Å². The molecule has 1 heterocycles. The third-order valence-electron chi connectivity index (χ3n) is 1.44. The number of hydrogen-bond donors (Lipinski definition) is 1. The second-order valence-electron chi connectivity index (χ2n) is 2.43. The third-order valence-corrected chi connectivity index (χ3v) is 1.44. The lowest BCUT2D eigenvalue weighted by atomic mass is 10.2. The number of nitrogens with two attached hydrogens (primary N) is 1. The molecular formula is C9H10N2O.